The number of hydrogen-bond acceptors (Lipinski definition) is 3. The van der Waals surface area contributed by atoms with Crippen molar-refractivity contribution in [3.63, 3.8) is 0 Å². The summed E-state index contributed by atoms with van der Waals surface area (Å²) in [6.45, 7) is 0. The predicted molar refractivity (Wildman–Crippen MR) is 67.5 cm³/mol. The summed E-state index contributed by atoms with van der Waals surface area (Å²) in [7, 11) is 0. The third-order valence-electron chi connectivity index (χ3n) is 2.31. The Morgan fingerprint density at radius 1 is 1.35 bits per heavy atom. The Hall–Kier alpha value is -1.82. The highest BCUT2D eigenvalue weighted by molar-refractivity contribution is 7.80. The van der Waals surface area contributed by atoms with E-state index in [1.807, 2.05) is 0 Å². The number of amides is 1. The molecular weight excluding hydrogens is 238 g/mol. The molecule has 1 saturated carbocycles. The first kappa shape index (κ1) is 11.7. The lowest BCUT2D eigenvalue weighted by Crippen LogP contribution is -2.47. The van der Waals surface area contributed by atoms with Crippen LogP contribution in [-0.2, 0) is 0 Å². The molecule has 0 aliphatic heterocycles. The van der Waals surface area contributed by atoms with Crippen LogP contribution in [0.3, 0.4) is 0 Å². The molecule has 0 heterocycles. The van der Waals surface area contributed by atoms with Gasteiger partial charge in [0.15, 0.2) is 5.11 Å². The summed E-state index contributed by atoms with van der Waals surface area (Å²) >= 11 is 4.98. The molecule has 1 fully saturated rings. The molecule has 0 bridgehead atoms. The number of phenolic OH excluding ortho intramolecular Hbond substituents is 1. The first-order valence-electron chi connectivity index (χ1n) is 5.31. The number of benzene rings is 1. The third kappa shape index (κ3) is 3.60. The van der Waals surface area contributed by atoms with Crippen molar-refractivity contribution < 1.29 is 9.90 Å². The highest BCUT2D eigenvalue weighted by atomic mass is 32.1. The second-order valence-electron chi connectivity index (χ2n) is 3.88. The lowest BCUT2D eigenvalue weighted by Gasteiger charge is -2.10. The Bertz CT molecular complexity index is 446. The van der Waals surface area contributed by atoms with Crippen molar-refractivity contribution in [1.82, 2.24) is 16.2 Å². The number of phenols is 1. The third-order valence-corrected chi connectivity index (χ3v) is 2.53. The van der Waals surface area contributed by atoms with Crippen LogP contribution in [0, 0.1) is 0 Å². The Labute approximate surface area is 104 Å². The lowest BCUT2D eigenvalue weighted by atomic mass is 10.2. The number of carbonyl (C=O) groups excluding carboxylic acids is 1. The van der Waals surface area contributed by atoms with Gasteiger partial charge in [0.25, 0.3) is 5.91 Å². The average Bonchev–Trinajstić information content (AvgIpc) is 3.10. The van der Waals surface area contributed by atoms with Crippen molar-refractivity contribution in [1.29, 1.82) is 0 Å². The van der Waals surface area contributed by atoms with Crippen LogP contribution in [0.2, 0.25) is 0 Å². The van der Waals surface area contributed by atoms with Crippen molar-refractivity contribution in [2.75, 3.05) is 0 Å². The van der Waals surface area contributed by atoms with Gasteiger partial charge in [0, 0.05) is 11.6 Å². The summed E-state index contributed by atoms with van der Waals surface area (Å²) in [5.41, 5.74) is 5.43. The Morgan fingerprint density at radius 2 is 2.12 bits per heavy atom. The van der Waals surface area contributed by atoms with E-state index in [1.54, 1.807) is 12.1 Å². The van der Waals surface area contributed by atoms with Crippen molar-refractivity contribution in [2.45, 2.75) is 18.9 Å². The van der Waals surface area contributed by atoms with E-state index < -0.39 is 0 Å². The maximum absolute atomic E-state index is 11.6. The largest absolute Gasteiger partial charge is 0.508 e. The van der Waals surface area contributed by atoms with Gasteiger partial charge in [0.1, 0.15) is 5.75 Å². The van der Waals surface area contributed by atoms with E-state index in [9.17, 15) is 9.90 Å². The summed E-state index contributed by atoms with van der Waals surface area (Å²) in [5.74, 6) is -0.294. The Kier molecular flexibility index (Phi) is 3.43. The van der Waals surface area contributed by atoms with Crippen molar-refractivity contribution in [3.8, 4) is 5.75 Å². The maximum atomic E-state index is 11.6. The predicted octanol–water partition coefficient (Wildman–Crippen LogP) is 0.663. The number of hydrazine groups is 1. The highest BCUT2D eigenvalue weighted by Gasteiger charge is 2.21. The SMILES string of the molecule is O=C(NNC(=S)NC1CC1)c1cccc(O)c1. The zero-order chi connectivity index (χ0) is 12.3. The monoisotopic (exact) mass is 251 g/mol. The van der Waals surface area contributed by atoms with Gasteiger partial charge in [0.2, 0.25) is 0 Å². The number of carbonyl (C=O) groups is 1. The van der Waals surface area contributed by atoms with Gasteiger partial charge in [-0.3, -0.25) is 15.6 Å². The molecule has 0 atom stereocenters. The van der Waals surface area contributed by atoms with E-state index in [2.05, 4.69) is 16.2 Å². The molecule has 0 spiro atoms. The lowest BCUT2D eigenvalue weighted by molar-refractivity contribution is 0.0943. The van der Waals surface area contributed by atoms with Crippen LogP contribution in [0.25, 0.3) is 0 Å². The van der Waals surface area contributed by atoms with Gasteiger partial charge >= 0.3 is 0 Å². The molecule has 5 nitrogen and oxygen atoms in total. The standard InChI is InChI=1S/C11H13N3O2S/c15-9-3-1-2-7(6-9)10(16)13-14-11(17)12-8-4-5-8/h1-3,6,8,15H,4-5H2,(H,13,16)(H2,12,14,17). The summed E-state index contributed by atoms with van der Waals surface area (Å²) < 4.78 is 0. The number of thiocarbonyl (C=S) groups is 1. The zero-order valence-corrected chi connectivity index (χ0v) is 9.88. The molecule has 2 rings (SSSR count). The average molecular weight is 251 g/mol. The number of aromatic hydroxyl groups is 1. The maximum Gasteiger partial charge on any atom is 0.269 e. The molecule has 0 aromatic heterocycles. The summed E-state index contributed by atoms with van der Waals surface area (Å²) in [6, 6.07) is 6.53. The quantitative estimate of drug-likeness (QED) is 0.459. The van der Waals surface area contributed by atoms with Crippen LogP contribution >= 0.6 is 12.2 Å². The zero-order valence-electron chi connectivity index (χ0n) is 9.06. The van der Waals surface area contributed by atoms with Gasteiger partial charge < -0.3 is 10.4 Å². The van der Waals surface area contributed by atoms with E-state index in [-0.39, 0.29) is 11.7 Å². The van der Waals surface area contributed by atoms with Crippen LogP contribution < -0.4 is 16.2 Å². The number of hydrogen-bond donors (Lipinski definition) is 4. The Morgan fingerprint density at radius 3 is 2.76 bits per heavy atom. The van der Waals surface area contributed by atoms with Crippen molar-refractivity contribution in [2.24, 2.45) is 0 Å². The fourth-order valence-corrected chi connectivity index (χ4v) is 1.50. The molecule has 1 aliphatic rings. The molecule has 4 N–H and O–H groups in total. The van der Waals surface area contributed by atoms with Crippen LogP contribution in [0.15, 0.2) is 24.3 Å². The normalized spacial score (nSPS) is 13.9. The minimum absolute atomic E-state index is 0.0522. The second kappa shape index (κ2) is 5.01. The summed E-state index contributed by atoms with van der Waals surface area (Å²) in [5, 5.41) is 12.7. The molecule has 0 unspecified atom stereocenters. The molecule has 90 valence electrons. The molecule has 17 heavy (non-hydrogen) atoms. The van der Waals surface area contributed by atoms with E-state index in [0.29, 0.717) is 16.7 Å². The molecule has 1 amide bonds. The second-order valence-corrected chi connectivity index (χ2v) is 4.29. The van der Waals surface area contributed by atoms with Crippen molar-refractivity contribution in [3.05, 3.63) is 29.8 Å². The van der Waals surface area contributed by atoms with Crippen LogP contribution in [0.1, 0.15) is 23.2 Å². The van der Waals surface area contributed by atoms with E-state index >= 15 is 0 Å². The van der Waals surface area contributed by atoms with Gasteiger partial charge in [-0.1, -0.05) is 6.07 Å². The van der Waals surface area contributed by atoms with E-state index in [4.69, 9.17) is 12.2 Å². The summed E-state index contributed by atoms with van der Waals surface area (Å²) in [4.78, 5) is 11.6. The fourth-order valence-electron chi connectivity index (χ4n) is 1.28. The van der Waals surface area contributed by atoms with Crippen LogP contribution in [0.4, 0.5) is 0 Å². The molecular formula is C11H13N3O2S. The van der Waals surface area contributed by atoms with Gasteiger partial charge in [-0.25, -0.2) is 0 Å². The van der Waals surface area contributed by atoms with Gasteiger partial charge in [0.05, 0.1) is 0 Å². The molecule has 0 saturated heterocycles. The molecule has 6 heteroatoms. The van der Waals surface area contributed by atoms with Gasteiger partial charge in [-0.2, -0.15) is 0 Å². The highest BCUT2D eigenvalue weighted by Crippen LogP contribution is 2.18. The minimum atomic E-state index is -0.346. The number of nitrogens with one attached hydrogen (secondary N) is 3. The Balaban J connectivity index is 1.82. The first-order valence-corrected chi connectivity index (χ1v) is 5.72. The molecule has 0 radical (unpaired) electrons. The van der Waals surface area contributed by atoms with Gasteiger partial charge in [-0.15, -0.1) is 0 Å². The minimum Gasteiger partial charge on any atom is -0.508 e. The molecule has 1 aliphatic carbocycles. The smallest absolute Gasteiger partial charge is 0.269 e. The number of rotatable bonds is 2. The van der Waals surface area contributed by atoms with E-state index in [0.717, 1.165) is 12.8 Å². The molecule has 1 aromatic carbocycles. The van der Waals surface area contributed by atoms with Crippen LogP contribution in [-0.4, -0.2) is 22.2 Å². The first-order chi connectivity index (χ1) is 8.15. The summed E-state index contributed by atoms with van der Waals surface area (Å²) in [6.07, 6.45) is 2.23. The van der Waals surface area contributed by atoms with Crippen molar-refractivity contribution >= 4 is 23.2 Å². The van der Waals surface area contributed by atoms with Crippen LogP contribution in [0.5, 0.6) is 5.75 Å². The van der Waals surface area contributed by atoms with E-state index in [1.165, 1.54) is 12.1 Å². The molecule has 1 aromatic rings. The topological polar surface area (TPSA) is 73.4 Å². The fraction of sp³-hybridized carbons (Fsp3) is 0.273. The van der Waals surface area contributed by atoms with Gasteiger partial charge in [-0.05, 0) is 43.3 Å².